The lowest BCUT2D eigenvalue weighted by Crippen LogP contribution is -2.06. The normalized spacial score (nSPS) is 10.9. The third kappa shape index (κ3) is 2.19. The fourth-order valence-electron chi connectivity index (χ4n) is 1.88. The van der Waals surface area contributed by atoms with Crippen molar-refractivity contribution < 1.29 is 0 Å². The number of nitrogens with two attached hydrogens (primary N) is 1. The van der Waals surface area contributed by atoms with Crippen LogP contribution in [0.25, 0.3) is 10.2 Å². The molecule has 0 aliphatic rings. The van der Waals surface area contributed by atoms with Gasteiger partial charge in [0.15, 0.2) is 0 Å². The molecule has 0 bridgehead atoms. The Balaban J connectivity index is 1.72. The van der Waals surface area contributed by atoms with Crippen LogP contribution in [0.5, 0.6) is 0 Å². The van der Waals surface area contributed by atoms with Crippen molar-refractivity contribution >= 4 is 44.3 Å². The molecule has 2 heterocycles. The molecule has 3 N–H and O–H groups in total. The highest BCUT2D eigenvalue weighted by atomic mass is 32.1. The van der Waals surface area contributed by atoms with Crippen LogP contribution in [0.15, 0.2) is 34.5 Å². The molecule has 0 unspecified atom stereocenters. The number of benzene rings is 1. The number of hydrogen-bond acceptors (Lipinski definition) is 5. The number of anilines is 2. The van der Waals surface area contributed by atoms with Crippen LogP contribution in [0.1, 0.15) is 5.56 Å². The number of aromatic nitrogens is 1. The zero-order valence-corrected chi connectivity index (χ0v) is 11.4. The van der Waals surface area contributed by atoms with Crippen LogP contribution in [0, 0.1) is 0 Å². The van der Waals surface area contributed by atoms with E-state index in [2.05, 4.69) is 33.2 Å². The van der Waals surface area contributed by atoms with Crippen molar-refractivity contribution in [3.63, 3.8) is 0 Å². The monoisotopic (exact) mass is 275 g/mol. The van der Waals surface area contributed by atoms with Gasteiger partial charge in [0, 0.05) is 6.54 Å². The molecule has 1 aromatic carbocycles. The summed E-state index contributed by atoms with van der Waals surface area (Å²) in [4.78, 5) is 4.29. The van der Waals surface area contributed by atoms with Gasteiger partial charge in [0.05, 0.1) is 21.6 Å². The van der Waals surface area contributed by atoms with Crippen molar-refractivity contribution in [3.8, 4) is 0 Å². The van der Waals surface area contributed by atoms with Crippen molar-refractivity contribution in [2.24, 2.45) is 0 Å². The Hall–Kier alpha value is -1.59. The van der Waals surface area contributed by atoms with Crippen LogP contribution in [0.3, 0.4) is 0 Å². The van der Waals surface area contributed by atoms with Crippen LogP contribution < -0.4 is 11.1 Å². The molecule has 0 radical (unpaired) electrons. The van der Waals surface area contributed by atoms with Gasteiger partial charge in [-0.1, -0.05) is 0 Å². The first kappa shape index (κ1) is 11.5. The first-order valence-electron chi connectivity index (χ1n) is 5.71. The molecule has 18 heavy (non-hydrogen) atoms. The molecule has 0 saturated heterocycles. The van der Waals surface area contributed by atoms with Gasteiger partial charge in [-0.05, 0) is 40.9 Å². The van der Waals surface area contributed by atoms with Gasteiger partial charge in [0.1, 0.15) is 5.52 Å². The molecule has 0 aliphatic heterocycles. The third-order valence-corrected chi connectivity index (χ3v) is 4.38. The first-order valence-corrected chi connectivity index (χ1v) is 7.53. The van der Waals surface area contributed by atoms with E-state index in [4.69, 9.17) is 5.73 Å². The van der Waals surface area contributed by atoms with E-state index in [0.717, 1.165) is 34.6 Å². The van der Waals surface area contributed by atoms with Gasteiger partial charge in [-0.3, -0.25) is 0 Å². The highest BCUT2D eigenvalue weighted by Gasteiger charge is 2.06. The maximum absolute atomic E-state index is 6.11. The Bertz CT molecular complexity index is 643. The Morgan fingerprint density at radius 3 is 3.06 bits per heavy atom. The fourth-order valence-corrected chi connectivity index (χ4v) is 3.28. The predicted molar refractivity (Wildman–Crippen MR) is 80.5 cm³/mol. The lowest BCUT2D eigenvalue weighted by Gasteiger charge is -2.09. The molecular formula is C13H13N3S2. The third-order valence-electron chi connectivity index (χ3n) is 2.85. The number of thiophene rings is 1. The summed E-state index contributed by atoms with van der Waals surface area (Å²) in [6, 6.07) is 6.25. The minimum atomic E-state index is 0.749. The van der Waals surface area contributed by atoms with E-state index in [1.807, 2.05) is 11.6 Å². The number of nitrogens with one attached hydrogen (secondary N) is 1. The molecule has 0 aliphatic carbocycles. The molecule has 0 fully saturated rings. The summed E-state index contributed by atoms with van der Waals surface area (Å²) in [5.74, 6) is 0. The maximum Gasteiger partial charge on any atom is 0.106 e. The molecule has 0 saturated carbocycles. The van der Waals surface area contributed by atoms with Crippen LogP contribution in [-0.2, 0) is 6.42 Å². The summed E-state index contributed by atoms with van der Waals surface area (Å²) < 4.78 is 1.14. The second-order valence-electron chi connectivity index (χ2n) is 4.03. The Labute approximate surface area is 113 Å². The molecule has 92 valence electrons. The molecule has 0 spiro atoms. The summed E-state index contributed by atoms with van der Waals surface area (Å²) in [5, 5.41) is 7.65. The molecule has 3 nitrogen and oxygen atoms in total. The number of rotatable bonds is 4. The quantitative estimate of drug-likeness (QED) is 0.715. The molecule has 0 atom stereocenters. The van der Waals surface area contributed by atoms with E-state index in [0.29, 0.717) is 0 Å². The molecule has 3 rings (SSSR count). The number of hydrogen-bond donors (Lipinski definition) is 2. The largest absolute Gasteiger partial charge is 0.395 e. The highest BCUT2D eigenvalue weighted by Crippen LogP contribution is 2.29. The highest BCUT2D eigenvalue weighted by molar-refractivity contribution is 7.16. The van der Waals surface area contributed by atoms with Gasteiger partial charge in [-0.15, -0.1) is 11.3 Å². The summed E-state index contributed by atoms with van der Waals surface area (Å²) in [5.41, 5.74) is 11.9. The van der Waals surface area contributed by atoms with E-state index in [1.165, 1.54) is 5.56 Å². The van der Waals surface area contributed by atoms with Crippen molar-refractivity contribution in [1.29, 1.82) is 0 Å². The smallest absolute Gasteiger partial charge is 0.106 e. The summed E-state index contributed by atoms with van der Waals surface area (Å²) in [6.07, 6.45) is 1.01. The van der Waals surface area contributed by atoms with Gasteiger partial charge in [0.2, 0.25) is 0 Å². The number of nitrogens with zero attached hydrogens (tertiary/aromatic N) is 1. The van der Waals surface area contributed by atoms with Crippen LogP contribution in [-0.4, -0.2) is 11.5 Å². The second kappa shape index (κ2) is 4.96. The van der Waals surface area contributed by atoms with Gasteiger partial charge in [-0.2, -0.15) is 11.3 Å². The summed E-state index contributed by atoms with van der Waals surface area (Å²) in [7, 11) is 0. The van der Waals surface area contributed by atoms with E-state index >= 15 is 0 Å². The number of fused-ring (bicyclic) bond motifs is 1. The van der Waals surface area contributed by atoms with Crippen LogP contribution in [0.2, 0.25) is 0 Å². The lowest BCUT2D eigenvalue weighted by atomic mass is 10.2. The SMILES string of the molecule is Nc1c(NCCc2ccsc2)ccc2scnc12. The van der Waals surface area contributed by atoms with E-state index in [1.54, 1.807) is 22.7 Å². The second-order valence-corrected chi connectivity index (χ2v) is 5.70. The van der Waals surface area contributed by atoms with E-state index in [-0.39, 0.29) is 0 Å². The van der Waals surface area contributed by atoms with Crippen molar-refractivity contribution in [1.82, 2.24) is 4.98 Å². The minimum absolute atomic E-state index is 0.749. The van der Waals surface area contributed by atoms with E-state index < -0.39 is 0 Å². The molecule has 5 heteroatoms. The van der Waals surface area contributed by atoms with Crippen LogP contribution in [0.4, 0.5) is 11.4 Å². The van der Waals surface area contributed by atoms with Gasteiger partial charge < -0.3 is 11.1 Å². The van der Waals surface area contributed by atoms with Gasteiger partial charge in [-0.25, -0.2) is 4.98 Å². The zero-order valence-electron chi connectivity index (χ0n) is 9.72. The van der Waals surface area contributed by atoms with Gasteiger partial charge in [0.25, 0.3) is 0 Å². The Kier molecular flexibility index (Phi) is 3.17. The summed E-state index contributed by atoms with van der Waals surface area (Å²) >= 11 is 3.35. The lowest BCUT2D eigenvalue weighted by molar-refractivity contribution is 1.03. The minimum Gasteiger partial charge on any atom is -0.395 e. The molecule has 0 amide bonds. The van der Waals surface area contributed by atoms with E-state index in [9.17, 15) is 0 Å². The fraction of sp³-hybridized carbons (Fsp3) is 0.154. The molecule has 2 aromatic heterocycles. The average molecular weight is 275 g/mol. The zero-order chi connectivity index (χ0) is 12.4. The van der Waals surface area contributed by atoms with Crippen molar-refractivity contribution in [2.75, 3.05) is 17.6 Å². The topological polar surface area (TPSA) is 50.9 Å². The Morgan fingerprint density at radius 1 is 1.28 bits per heavy atom. The van der Waals surface area contributed by atoms with Crippen LogP contribution >= 0.6 is 22.7 Å². The first-order chi connectivity index (χ1) is 8.84. The number of nitrogen functional groups attached to an aromatic ring is 1. The molecule has 3 aromatic rings. The number of thiazole rings is 1. The maximum atomic E-state index is 6.11. The Morgan fingerprint density at radius 2 is 2.22 bits per heavy atom. The van der Waals surface area contributed by atoms with Crippen molar-refractivity contribution in [2.45, 2.75) is 6.42 Å². The van der Waals surface area contributed by atoms with Gasteiger partial charge >= 0.3 is 0 Å². The average Bonchev–Trinajstić information content (AvgIpc) is 3.02. The van der Waals surface area contributed by atoms with Crippen molar-refractivity contribution in [3.05, 3.63) is 40.0 Å². The predicted octanol–water partition coefficient (Wildman–Crippen LogP) is 3.59. The summed E-state index contributed by atoms with van der Waals surface area (Å²) in [6.45, 7) is 0.885. The molecular weight excluding hydrogens is 262 g/mol. The standard InChI is InChI=1S/C13H13N3S2/c14-12-10(1-2-11-13(12)16-8-18-11)15-5-3-9-4-6-17-7-9/h1-2,4,6-8,15H,3,5,14H2.